The van der Waals surface area contributed by atoms with Gasteiger partial charge in [0.1, 0.15) is 17.6 Å². The van der Waals surface area contributed by atoms with Gasteiger partial charge in [0.05, 0.1) is 11.5 Å². The number of para-hydroxylation sites is 2. The summed E-state index contributed by atoms with van der Waals surface area (Å²) in [5.74, 6) is -0.290. The van der Waals surface area contributed by atoms with Crippen molar-refractivity contribution in [1.29, 1.82) is 0 Å². The molecule has 126 valence electrons. The van der Waals surface area contributed by atoms with Crippen LogP contribution >= 0.6 is 0 Å². The Morgan fingerprint density at radius 1 is 1.21 bits per heavy atom. The zero-order valence-electron chi connectivity index (χ0n) is 12.4. The molecule has 0 bridgehead atoms. The lowest BCUT2D eigenvalue weighted by Gasteiger charge is -2.13. The molecule has 1 unspecified atom stereocenters. The normalized spacial score (nSPS) is 16.4. The largest absolute Gasteiger partial charge is 0.483 e. The van der Waals surface area contributed by atoms with E-state index >= 15 is 0 Å². The number of hydrogen-bond donors (Lipinski definition) is 1. The van der Waals surface area contributed by atoms with Gasteiger partial charge in [-0.25, -0.2) is 8.42 Å². The molecule has 8 nitrogen and oxygen atoms in total. The van der Waals surface area contributed by atoms with Crippen LogP contribution in [0.25, 0.3) is 0 Å². The van der Waals surface area contributed by atoms with E-state index in [2.05, 4.69) is 4.72 Å². The standard InChI is InChI=1S/C15H14N2O6S/c18-17(19)13-7-4-8-14(15(13)23-10-12-9-22-12)24(20,21)16-11-5-2-1-3-6-11/h1-8,12,16H,9-10H2. The first-order chi connectivity index (χ1) is 11.5. The lowest BCUT2D eigenvalue weighted by molar-refractivity contribution is -0.386. The number of nitro benzene ring substituents is 1. The summed E-state index contributed by atoms with van der Waals surface area (Å²) in [5, 5.41) is 11.2. The smallest absolute Gasteiger partial charge is 0.312 e. The third kappa shape index (κ3) is 3.63. The molecule has 0 aromatic heterocycles. The van der Waals surface area contributed by atoms with E-state index in [9.17, 15) is 18.5 Å². The highest BCUT2D eigenvalue weighted by atomic mass is 32.2. The number of nitrogens with zero attached hydrogens (tertiary/aromatic N) is 1. The second-order valence-electron chi connectivity index (χ2n) is 5.10. The zero-order valence-corrected chi connectivity index (χ0v) is 13.2. The minimum atomic E-state index is -4.05. The van der Waals surface area contributed by atoms with Crippen LogP contribution < -0.4 is 9.46 Å². The van der Waals surface area contributed by atoms with Crippen molar-refractivity contribution in [2.24, 2.45) is 0 Å². The highest BCUT2D eigenvalue weighted by Gasteiger charge is 2.30. The first-order valence-corrected chi connectivity index (χ1v) is 8.55. The van der Waals surface area contributed by atoms with Gasteiger partial charge >= 0.3 is 5.69 Å². The average molecular weight is 350 g/mol. The number of nitrogens with one attached hydrogen (secondary N) is 1. The number of anilines is 1. The number of rotatable bonds is 7. The molecule has 0 saturated carbocycles. The van der Waals surface area contributed by atoms with Gasteiger partial charge in [-0.2, -0.15) is 0 Å². The van der Waals surface area contributed by atoms with Gasteiger partial charge in [-0.15, -0.1) is 0 Å². The monoisotopic (exact) mass is 350 g/mol. The van der Waals surface area contributed by atoms with E-state index in [1.165, 1.54) is 18.2 Å². The topological polar surface area (TPSA) is 111 Å². The van der Waals surface area contributed by atoms with Crippen molar-refractivity contribution in [3.8, 4) is 5.75 Å². The predicted molar refractivity (Wildman–Crippen MR) is 85.6 cm³/mol. The van der Waals surface area contributed by atoms with Crippen LogP contribution in [-0.4, -0.2) is 32.7 Å². The molecule has 0 spiro atoms. The Labute approximate surface area is 138 Å². The number of benzene rings is 2. The van der Waals surface area contributed by atoms with Crippen LogP contribution in [0, 0.1) is 10.1 Å². The number of nitro groups is 1. The lowest BCUT2D eigenvalue weighted by atomic mass is 10.3. The van der Waals surface area contributed by atoms with Crippen LogP contribution in [0.3, 0.4) is 0 Å². The molecular weight excluding hydrogens is 336 g/mol. The summed E-state index contributed by atoms with van der Waals surface area (Å²) in [6, 6.07) is 12.0. The molecule has 3 rings (SSSR count). The van der Waals surface area contributed by atoms with Gasteiger partial charge in [-0.3, -0.25) is 14.8 Å². The second kappa shape index (κ2) is 6.46. The van der Waals surface area contributed by atoms with Crippen molar-refractivity contribution in [3.05, 3.63) is 58.6 Å². The quantitative estimate of drug-likeness (QED) is 0.465. The van der Waals surface area contributed by atoms with Crippen LogP contribution in [0.2, 0.25) is 0 Å². The minimum Gasteiger partial charge on any atom is -0.483 e. The van der Waals surface area contributed by atoms with Gasteiger partial charge in [-0.1, -0.05) is 24.3 Å². The van der Waals surface area contributed by atoms with E-state index in [0.29, 0.717) is 12.3 Å². The molecule has 1 N–H and O–H groups in total. The third-order valence-corrected chi connectivity index (χ3v) is 4.69. The predicted octanol–water partition coefficient (Wildman–Crippen LogP) is 2.17. The van der Waals surface area contributed by atoms with Gasteiger partial charge in [-0.05, 0) is 18.2 Å². The maximum absolute atomic E-state index is 12.6. The Kier molecular flexibility index (Phi) is 4.36. The molecular formula is C15H14N2O6S. The molecule has 1 saturated heterocycles. The average Bonchev–Trinajstić information content (AvgIpc) is 3.37. The summed E-state index contributed by atoms with van der Waals surface area (Å²) in [7, 11) is -4.05. The first kappa shape index (κ1) is 16.2. The molecule has 1 fully saturated rings. The molecule has 2 aromatic carbocycles. The summed E-state index contributed by atoms with van der Waals surface area (Å²) in [6.07, 6.45) is -0.164. The van der Waals surface area contributed by atoms with Crippen LogP contribution in [-0.2, 0) is 14.8 Å². The third-order valence-electron chi connectivity index (χ3n) is 3.29. The summed E-state index contributed by atoms with van der Waals surface area (Å²) in [5.41, 5.74) is -0.0629. The van der Waals surface area contributed by atoms with Crippen LogP contribution in [0.5, 0.6) is 5.75 Å². The van der Waals surface area contributed by atoms with Crippen molar-refractivity contribution < 1.29 is 22.8 Å². The fourth-order valence-corrected chi connectivity index (χ4v) is 3.28. The summed E-state index contributed by atoms with van der Waals surface area (Å²) < 4.78 is 38.0. The highest BCUT2D eigenvalue weighted by Crippen LogP contribution is 2.35. The number of epoxide rings is 1. The summed E-state index contributed by atoms with van der Waals surface area (Å²) >= 11 is 0. The zero-order chi connectivity index (χ0) is 17.2. The van der Waals surface area contributed by atoms with Crippen LogP contribution in [0.1, 0.15) is 0 Å². The molecule has 1 aliphatic heterocycles. The second-order valence-corrected chi connectivity index (χ2v) is 6.75. The molecule has 24 heavy (non-hydrogen) atoms. The maximum Gasteiger partial charge on any atom is 0.312 e. The van der Waals surface area contributed by atoms with Gasteiger partial charge in [0.2, 0.25) is 5.75 Å². The van der Waals surface area contributed by atoms with Crippen LogP contribution in [0.4, 0.5) is 11.4 Å². The molecule has 0 amide bonds. The Balaban J connectivity index is 1.98. The Hall–Kier alpha value is -2.65. The fourth-order valence-electron chi connectivity index (χ4n) is 2.06. The van der Waals surface area contributed by atoms with E-state index in [1.807, 2.05) is 0 Å². The van der Waals surface area contributed by atoms with Gasteiger partial charge in [0, 0.05) is 11.8 Å². The van der Waals surface area contributed by atoms with E-state index in [1.54, 1.807) is 30.3 Å². The van der Waals surface area contributed by atoms with Crippen molar-refractivity contribution in [2.75, 3.05) is 17.9 Å². The maximum atomic E-state index is 12.6. The van der Waals surface area contributed by atoms with Crippen molar-refractivity contribution >= 4 is 21.4 Å². The molecule has 1 aliphatic rings. The first-order valence-electron chi connectivity index (χ1n) is 7.07. The van der Waals surface area contributed by atoms with E-state index in [0.717, 1.165) is 0 Å². The molecule has 0 aliphatic carbocycles. The molecule has 1 heterocycles. The Morgan fingerprint density at radius 3 is 2.54 bits per heavy atom. The summed E-state index contributed by atoms with van der Waals surface area (Å²) in [6.45, 7) is 0.545. The molecule has 0 radical (unpaired) electrons. The molecule has 9 heteroatoms. The van der Waals surface area contributed by atoms with Crippen molar-refractivity contribution in [2.45, 2.75) is 11.0 Å². The fraction of sp³-hybridized carbons (Fsp3) is 0.200. The van der Waals surface area contributed by atoms with E-state index in [-0.39, 0.29) is 23.4 Å². The number of sulfonamides is 1. The SMILES string of the molecule is O=[N+]([O-])c1cccc(S(=O)(=O)Nc2ccccc2)c1OCC1CO1. The van der Waals surface area contributed by atoms with E-state index in [4.69, 9.17) is 9.47 Å². The van der Waals surface area contributed by atoms with E-state index < -0.39 is 20.6 Å². The molecule has 2 aromatic rings. The number of hydrogen-bond acceptors (Lipinski definition) is 6. The minimum absolute atomic E-state index is 0.0543. The van der Waals surface area contributed by atoms with Crippen LogP contribution in [0.15, 0.2) is 53.4 Å². The van der Waals surface area contributed by atoms with Gasteiger partial charge in [0.25, 0.3) is 10.0 Å². The lowest BCUT2D eigenvalue weighted by Crippen LogP contribution is -2.16. The van der Waals surface area contributed by atoms with Gasteiger partial charge in [0.15, 0.2) is 0 Å². The molecule has 1 atom stereocenters. The number of ether oxygens (including phenoxy) is 2. The van der Waals surface area contributed by atoms with Crippen molar-refractivity contribution in [3.63, 3.8) is 0 Å². The van der Waals surface area contributed by atoms with Crippen molar-refractivity contribution in [1.82, 2.24) is 0 Å². The Bertz CT molecular complexity index is 850. The summed E-state index contributed by atoms with van der Waals surface area (Å²) in [4.78, 5) is 10.2. The Morgan fingerprint density at radius 2 is 1.92 bits per heavy atom. The highest BCUT2D eigenvalue weighted by molar-refractivity contribution is 7.92. The van der Waals surface area contributed by atoms with Gasteiger partial charge < -0.3 is 9.47 Å².